The lowest BCUT2D eigenvalue weighted by molar-refractivity contribution is -0.107. The van der Waals surface area contributed by atoms with Crippen molar-refractivity contribution in [2.45, 2.75) is 6.42 Å². The van der Waals surface area contributed by atoms with Gasteiger partial charge in [-0.25, -0.2) is 13.8 Å². The number of fused-ring (bicyclic) bond motifs is 1. The van der Waals surface area contributed by atoms with Gasteiger partial charge < -0.3 is 4.79 Å². The molecule has 0 aliphatic heterocycles. The van der Waals surface area contributed by atoms with E-state index in [0.29, 0.717) is 26.7 Å². The van der Waals surface area contributed by atoms with E-state index in [1.54, 1.807) is 12.1 Å². The first-order chi connectivity index (χ1) is 10.1. The number of thiazole rings is 1. The predicted octanol–water partition coefficient (Wildman–Crippen LogP) is 4.64. The molecule has 1 heterocycles. The third-order valence-electron chi connectivity index (χ3n) is 2.95. The Morgan fingerprint density at radius 2 is 1.76 bits per heavy atom. The number of hydrogen-bond donors (Lipinski definition) is 0. The van der Waals surface area contributed by atoms with E-state index in [4.69, 9.17) is 11.6 Å². The van der Waals surface area contributed by atoms with Crippen molar-refractivity contribution in [3.8, 4) is 11.1 Å². The number of halogens is 3. The monoisotopic (exact) mass is 323 g/mol. The minimum Gasteiger partial charge on any atom is -0.303 e. The summed E-state index contributed by atoms with van der Waals surface area (Å²) in [4.78, 5) is 14.8. The molecular formula is C15H8ClF2NOS. The average Bonchev–Trinajstić information content (AvgIpc) is 2.81. The van der Waals surface area contributed by atoms with Crippen molar-refractivity contribution in [2.24, 2.45) is 0 Å². The molecule has 1 aromatic heterocycles. The maximum Gasteiger partial charge on any atom is 0.126 e. The smallest absolute Gasteiger partial charge is 0.126 e. The molecule has 0 unspecified atom stereocenters. The molecule has 0 bridgehead atoms. The maximum atomic E-state index is 13.3. The Morgan fingerprint density at radius 3 is 2.43 bits per heavy atom. The van der Waals surface area contributed by atoms with Crippen LogP contribution < -0.4 is 0 Å². The van der Waals surface area contributed by atoms with Crippen LogP contribution in [0.5, 0.6) is 0 Å². The molecular weight excluding hydrogens is 316 g/mol. The Bertz CT molecular complexity index is 827. The summed E-state index contributed by atoms with van der Waals surface area (Å²) in [5.74, 6) is -1.29. The molecule has 0 spiro atoms. The van der Waals surface area contributed by atoms with E-state index in [1.165, 1.54) is 23.5 Å². The van der Waals surface area contributed by atoms with E-state index in [-0.39, 0.29) is 6.42 Å². The number of hydrogen-bond acceptors (Lipinski definition) is 3. The van der Waals surface area contributed by atoms with Gasteiger partial charge in [0.1, 0.15) is 28.4 Å². The van der Waals surface area contributed by atoms with Gasteiger partial charge in [0.2, 0.25) is 0 Å². The molecule has 106 valence electrons. The van der Waals surface area contributed by atoms with Gasteiger partial charge in [-0.2, -0.15) is 0 Å². The summed E-state index contributed by atoms with van der Waals surface area (Å²) in [6.07, 6.45) is 0.994. The maximum absolute atomic E-state index is 13.3. The fraction of sp³-hybridized carbons (Fsp3) is 0.0667. The molecule has 0 saturated carbocycles. The molecule has 3 aromatic rings. The number of carbonyl (C=O) groups excluding carboxylic acids is 1. The van der Waals surface area contributed by atoms with Crippen LogP contribution in [0.25, 0.3) is 21.3 Å². The summed E-state index contributed by atoms with van der Waals surface area (Å²) in [5.41, 5.74) is 1.60. The Hall–Kier alpha value is -1.85. The van der Waals surface area contributed by atoms with Gasteiger partial charge in [-0.3, -0.25) is 0 Å². The van der Waals surface area contributed by atoms with Crippen molar-refractivity contribution in [1.82, 2.24) is 4.98 Å². The van der Waals surface area contributed by atoms with Gasteiger partial charge in [-0.1, -0.05) is 11.6 Å². The zero-order chi connectivity index (χ0) is 15.0. The van der Waals surface area contributed by atoms with Gasteiger partial charge >= 0.3 is 0 Å². The van der Waals surface area contributed by atoms with Crippen LogP contribution in [0.4, 0.5) is 8.78 Å². The predicted molar refractivity (Wildman–Crippen MR) is 79.8 cm³/mol. The normalized spacial score (nSPS) is 11.0. The lowest BCUT2D eigenvalue weighted by Crippen LogP contribution is -1.85. The van der Waals surface area contributed by atoms with Gasteiger partial charge in [-0.05, 0) is 35.4 Å². The second kappa shape index (κ2) is 5.50. The molecule has 0 atom stereocenters. The summed E-state index contributed by atoms with van der Waals surface area (Å²) in [5, 5.41) is 1.05. The summed E-state index contributed by atoms with van der Waals surface area (Å²) in [6.45, 7) is 0. The van der Waals surface area contributed by atoms with Crippen molar-refractivity contribution in [1.29, 1.82) is 0 Å². The Kier molecular flexibility index (Phi) is 3.69. The van der Waals surface area contributed by atoms with Crippen LogP contribution in [0.3, 0.4) is 0 Å². The van der Waals surface area contributed by atoms with E-state index in [0.717, 1.165) is 17.1 Å². The Morgan fingerprint density at radius 1 is 1.10 bits per heavy atom. The topological polar surface area (TPSA) is 30.0 Å². The largest absolute Gasteiger partial charge is 0.303 e. The Labute approximate surface area is 128 Å². The molecule has 3 rings (SSSR count). The molecule has 0 aliphatic carbocycles. The lowest BCUT2D eigenvalue weighted by atomic mass is 10.1. The first-order valence-corrected chi connectivity index (χ1v) is 7.25. The van der Waals surface area contributed by atoms with Crippen LogP contribution >= 0.6 is 22.9 Å². The molecule has 0 N–H and O–H groups in total. The first kappa shape index (κ1) is 14.1. The minimum atomic E-state index is -0.646. The van der Waals surface area contributed by atoms with E-state index >= 15 is 0 Å². The highest BCUT2D eigenvalue weighted by Gasteiger charge is 2.11. The van der Waals surface area contributed by atoms with Gasteiger partial charge in [0.25, 0.3) is 0 Å². The summed E-state index contributed by atoms with van der Waals surface area (Å²) in [6, 6.07) is 6.68. The molecule has 0 amide bonds. The number of carbonyl (C=O) groups is 1. The summed E-state index contributed by atoms with van der Waals surface area (Å²) < 4.78 is 27.4. The fourth-order valence-electron chi connectivity index (χ4n) is 2.08. The molecule has 2 aromatic carbocycles. The molecule has 0 fully saturated rings. The number of aldehydes is 1. The van der Waals surface area contributed by atoms with Crippen molar-refractivity contribution < 1.29 is 13.6 Å². The first-order valence-electron chi connectivity index (χ1n) is 6.06. The molecule has 6 heteroatoms. The van der Waals surface area contributed by atoms with Gasteiger partial charge in [-0.15, -0.1) is 11.3 Å². The third kappa shape index (κ3) is 2.80. The second-order valence-corrected chi connectivity index (χ2v) is 5.96. The molecule has 0 radical (unpaired) electrons. The van der Waals surface area contributed by atoms with Crippen LogP contribution in [0.1, 0.15) is 5.01 Å². The number of aromatic nitrogens is 1. The van der Waals surface area contributed by atoms with Gasteiger partial charge in [0.05, 0.1) is 16.1 Å². The number of benzene rings is 2. The highest BCUT2D eigenvalue weighted by atomic mass is 35.5. The molecule has 21 heavy (non-hydrogen) atoms. The molecule has 0 aliphatic rings. The Balaban J connectivity index is 2.17. The lowest BCUT2D eigenvalue weighted by Gasteiger charge is -2.04. The van der Waals surface area contributed by atoms with Crippen molar-refractivity contribution >= 4 is 39.4 Å². The van der Waals surface area contributed by atoms with E-state index in [1.807, 2.05) is 0 Å². The number of rotatable bonds is 3. The third-order valence-corrected chi connectivity index (χ3v) is 4.26. The van der Waals surface area contributed by atoms with Crippen LogP contribution in [0, 0.1) is 11.6 Å². The quantitative estimate of drug-likeness (QED) is 0.657. The van der Waals surface area contributed by atoms with E-state index in [9.17, 15) is 13.6 Å². The minimum absolute atomic E-state index is 0.222. The van der Waals surface area contributed by atoms with Gasteiger partial charge in [0.15, 0.2) is 0 Å². The fourth-order valence-corrected chi connectivity index (χ4v) is 3.38. The van der Waals surface area contributed by atoms with E-state index in [2.05, 4.69) is 4.98 Å². The summed E-state index contributed by atoms with van der Waals surface area (Å²) >= 11 is 7.51. The van der Waals surface area contributed by atoms with Gasteiger partial charge in [0, 0.05) is 6.07 Å². The standard InChI is InChI=1S/C15H8ClF2NOS/c16-12-5-9(8-3-10(17)7-11(18)4-8)6-13-15(12)19-14(21-13)1-2-20/h2-7H,1H2. The van der Waals surface area contributed by atoms with E-state index < -0.39 is 11.6 Å². The van der Waals surface area contributed by atoms with Crippen LogP contribution in [0.2, 0.25) is 5.02 Å². The zero-order valence-electron chi connectivity index (χ0n) is 10.6. The highest BCUT2D eigenvalue weighted by molar-refractivity contribution is 7.18. The molecule has 2 nitrogen and oxygen atoms in total. The second-order valence-electron chi connectivity index (χ2n) is 4.44. The highest BCUT2D eigenvalue weighted by Crippen LogP contribution is 2.34. The van der Waals surface area contributed by atoms with Crippen molar-refractivity contribution in [3.05, 3.63) is 52.0 Å². The van der Waals surface area contributed by atoms with Crippen molar-refractivity contribution in [2.75, 3.05) is 0 Å². The SMILES string of the molecule is O=CCc1nc2c(Cl)cc(-c3cc(F)cc(F)c3)cc2s1. The number of nitrogens with zero attached hydrogens (tertiary/aromatic N) is 1. The summed E-state index contributed by atoms with van der Waals surface area (Å²) in [7, 11) is 0. The average molecular weight is 324 g/mol. The van der Waals surface area contributed by atoms with Crippen LogP contribution in [0.15, 0.2) is 30.3 Å². The molecule has 0 saturated heterocycles. The van der Waals surface area contributed by atoms with Crippen LogP contribution in [-0.2, 0) is 11.2 Å². The van der Waals surface area contributed by atoms with Crippen molar-refractivity contribution in [3.63, 3.8) is 0 Å². The van der Waals surface area contributed by atoms with Crippen LogP contribution in [-0.4, -0.2) is 11.3 Å². The zero-order valence-corrected chi connectivity index (χ0v) is 12.1.